The Morgan fingerprint density at radius 1 is 1.35 bits per heavy atom. The molecule has 0 aliphatic heterocycles. The molecule has 20 heavy (non-hydrogen) atoms. The maximum Gasteiger partial charge on any atom is 0.326 e. The third-order valence-electron chi connectivity index (χ3n) is 2.59. The van der Waals surface area contributed by atoms with E-state index in [0.29, 0.717) is 12.2 Å². The summed E-state index contributed by atoms with van der Waals surface area (Å²) in [5.74, 6) is -1.18. The molecule has 0 saturated heterocycles. The van der Waals surface area contributed by atoms with Crippen LogP contribution in [0.4, 0.5) is 10.5 Å². The van der Waals surface area contributed by atoms with Crippen LogP contribution in [0.3, 0.4) is 0 Å². The summed E-state index contributed by atoms with van der Waals surface area (Å²) in [6.07, 6.45) is -0.0391. The van der Waals surface area contributed by atoms with Crippen molar-refractivity contribution in [2.75, 3.05) is 19.0 Å². The highest BCUT2D eigenvalue weighted by atomic mass is 16.4. The van der Waals surface area contributed by atoms with Gasteiger partial charge in [-0.05, 0) is 24.7 Å². The molecule has 5 N–H and O–H groups in total. The lowest BCUT2D eigenvalue weighted by molar-refractivity contribution is -0.139. The molecule has 1 aromatic rings. The Morgan fingerprint density at radius 3 is 2.70 bits per heavy atom. The summed E-state index contributed by atoms with van der Waals surface area (Å²) in [6.45, 7) is 0.355. The molecule has 0 aliphatic rings. The number of benzene rings is 1. The van der Waals surface area contributed by atoms with Gasteiger partial charge in [-0.1, -0.05) is 12.1 Å². The van der Waals surface area contributed by atoms with E-state index in [1.807, 2.05) is 13.1 Å². The van der Waals surface area contributed by atoms with E-state index >= 15 is 0 Å². The molecule has 0 aliphatic carbocycles. The lowest BCUT2D eigenvalue weighted by atomic mass is 10.2. The van der Waals surface area contributed by atoms with Crippen LogP contribution < -0.4 is 16.0 Å². The van der Waals surface area contributed by atoms with E-state index in [0.717, 1.165) is 5.56 Å². The fourth-order valence-electron chi connectivity index (χ4n) is 1.68. The van der Waals surface area contributed by atoms with Crippen LogP contribution in [0.25, 0.3) is 0 Å². The number of carbonyl (C=O) groups excluding carboxylic acids is 1. The van der Waals surface area contributed by atoms with Gasteiger partial charge in [0.15, 0.2) is 0 Å². The number of aliphatic hydroxyl groups excluding tert-OH is 1. The van der Waals surface area contributed by atoms with Gasteiger partial charge < -0.3 is 26.2 Å². The third kappa shape index (κ3) is 5.25. The molecule has 7 nitrogen and oxygen atoms in total. The zero-order chi connectivity index (χ0) is 15.0. The number of carboxylic acids is 1. The fraction of sp³-hybridized carbons (Fsp3) is 0.385. The molecule has 0 saturated carbocycles. The van der Waals surface area contributed by atoms with Crippen LogP contribution in [-0.4, -0.2) is 41.9 Å². The Kier molecular flexibility index (Phi) is 6.48. The lowest BCUT2D eigenvalue weighted by Gasteiger charge is -2.14. The van der Waals surface area contributed by atoms with Crippen LogP contribution in [0.15, 0.2) is 24.3 Å². The van der Waals surface area contributed by atoms with Crippen molar-refractivity contribution in [3.05, 3.63) is 29.8 Å². The maximum absolute atomic E-state index is 11.7. The quantitative estimate of drug-likeness (QED) is 0.496. The van der Waals surface area contributed by atoms with Gasteiger partial charge >= 0.3 is 12.0 Å². The number of hydrogen-bond acceptors (Lipinski definition) is 4. The van der Waals surface area contributed by atoms with Crippen LogP contribution in [0, 0.1) is 0 Å². The summed E-state index contributed by atoms with van der Waals surface area (Å²) >= 11 is 0. The van der Waals surface area contributed by atoms with Crippen molar-refractivity contribution >= 4 is 17.7 Å². The molecule has 0 aromatic heterocycles. The van der Waals surface area contributed by atoms with Crippen molar-refractivity contribution in [1.82, 2.24) is 10.6 Å². The topological polar surface area (TPSA) is 111 Å². The van der Waals surface area contributed by atoms with Crippen LogP contribution in [0.2, 0.25) is 0 Å². The van der Waals surface area contributed by atoms with E-state index < -0.39 is 18.0 Å². The van der Waals surface area contributed by atoms with E-state index in [1.54, 1.807) is 18.2 Å². The van der Waals surface area contributed by atoms with Crippen molar-refractivity contribution in [1.29, 1.82) is 0 Å². The molecule has 0 heterocycles. The number of aliphatic carboxylic acids is 1. The van der Waals surface area contributed by atoms with Crippen LogP contribution >= 0.6 is 0 Å². The summed E-state index contributed by atoms with van der Waals surface area (Å²) < 4.78 is 0. The minimum Gasteiger partial charge on any atom is -0.480 e. The monoisotopic (exact) mass is 281 g/mol. The van der Waals surface area contributed by atoms with E-state index in [4.69, 9.17) is 10.2 Å². The summed E-state index contributed by atoms with van der Waals surface area (Å²) in [5.41, 5.74) is 1.57. The molecule has 7 heteroatoms. The predicted molar refractivity (Wildman–Crippen MR) is 74.5 cm³/mol. The Bertz CT molecular complexity index is 465. The third-order valence-corrected chi connectivity index (χ3v) is 2.59. The van der Waals surface area contributed by atoms with Crippen molar-refractivity contribution in [3.63, 3.8) is 0 Å². The number of nitrogens with one attached hydrogen (secondary N) is 3. The predicted octanol–water partition coefficient (Wildman–Crippen LogP) is 0.363. The van der Waals surface area contributed by atoms with Gasteiger partial charge in [0.1, 0.15) is 6.04 Å². The number of carbonyl (C=O) groups is 2. The van der Waals surface area contributed by atoms with E-state index in [1.165, 1.54) is 0 Å². The number of hydrogen-bond donors (Lipinski definition) is 5. The second-order valence-electron chi connectivity index (χ2n) is 4.23. The van der Waals surface area contributed by atoms with E-state index in [9.17, 15) is 9.59 Å². The molecular weight excluding hydrogens is 262 g/mol. The average molecular weight is 281 g/mol. The van der Waals surface area contributed by atoms with Gasteiger partial charge in [0.2, 0.25) is 0 Å². The molecule has 0 radical (unpaired) electrons. The van der Waals surface area contributed by atoms with Gasteiger partial charge in [0, 0.05) is 25.3 Å². The molecular formula is C13H19N3O4. The summed E-state index contributed by atoms with van der Waals surface area (Å²) in [6, 6.07) is 5.47. The molecule has 0 spiro atoms. The van der Waals surface area contributed by atoms with E-state index in [2.05, 4.69) is 16.0 Å². The van der Waals surface area contributed by atoms with Crippen molar-refractivity contribution < 1.29 is 19.8 Å². The highest BCUT2D eigenvalue weighted by Crippen LogP contribution is 2.10. The van der Waals surface area contributed by atoms with Crippen LogP contribution in [-0.2, 0) is 11.3 Å². The summed E-state index contributed by atoms with van der Waals surface area (Å²) in [7, 11) is 1.82. The minimum atomic E-state index is -1.18. The van der Waals surface area contributed by atoms with Gasteiger partial charge in [0.25, 0.3) is 0 Å². The first-order valence-electron chi connectivity index (χ1n) is 6.21. The normalized spacial score (nSPS) is 11.7. The Labute approximate surface area is 117 Å². The molecule has 0 unspecified atom stereocenters. The van der Waals surface area contributed by atoms with Gasteiger partial charge in [-0.15, -0.1) is 0 Å². The van der Waals surface area contributed by atoms with Gasteiger partial charge in [0.05, 0.1) is 0 Å². The zero-order valence-corrected chi connectivity index (χ0v) is 11.2. The molecule has 0 bridgehead atoms. The molecule has 1 rings (SSSR count). The SMILES string of the molecule is CNCc1cccc(NC(=O)N[C@H](CCO)C(=O)O)c1. The summed E-state index contributed by atoms with van der Waals surface area (Å²) in [4.78, 5) is 22.5. The minimum absolute atomic E-state index is 0.0391. The number of aliphatic hydroxyl groups is 1. The zero-order valence-electron chi connectivity index (χ0n) is 11.2. The highest BCUT2D eigenvalue weighted by molar-refractivity contribution is 5.92. The smallest absolute Gasteiger partial charge is 0.326 e. The number of urea groups is 1. The van der Waals surface area contributed by atoms with Crippen molar-refractivity contribution in [3.8, 4) is 0 Å². The Balaban J connectivity index is 2.61. The summed E-state index contributed by atoms with van der Waals surface area (Å²) in [5, 5.41) is 25.5. The van der Waals surface area contributed by atoms with Crippen LogP contribution in [0.5, 0.6) is 0 Å². The van der Waals surface area contributed by atoms with Crippen LogP contribution in [0.1, 0.15) is 12.0 Å². The van der Waals surface area contributed by atoms with Gasteiger partial charge in [-0.2, -0.15) is 0 Å². The first-order chi connectivity index (χ1) is 9.56. The largest absolute Gasteiger partial charge is 0.480 e. The molecule has 110 valence electrons. The fourth-order valence-corrected chi connectivity index (χ4v) is 1.68. The van der Waals surface area contributed by atoms with Gasteiger partial charge in [-0.3, -0.25) is 0 Å². The maximum atomic E-state index is 11.7. The molecule has 1 atom stereocenters. The van der Waals surface area contributed by atoms with E-state index in [-0.39, 0.29) is 13.0 Å². The molecule has 2 amide bonds. The standard InChI is InChI=1S/C13H19N3O4/c1-14-8-9-3-2-4-10(7-9)15-13(20)16-11(5-6-17)12(18)19/h2-4,7,11,14,17H,5-6,8H2,1H3,(H,18,19)(H2,15,16,20)/t11-/m1/s1. The number of rotatable bonds is 7. The Morgan fingerprint density at radius 2 is 2.10 bits per heavy atom. The first-order valence-corrected chi connectivity index (χ1v) is 6.21. The first kappa shape index (κ1) is 15.9. The van der Waals surface area contributed by atoms with Crippen molar-refractivity contribution in [2.24, 2.45) is 0 Å². The van der Waals surface area contributed by atoms with Crippen molar-refractivity contribution in [2.45, 2.75) is 19.0 Å². The molecule has 1 aromatic carbocycles. The number of carboxylic acid groups (broad SMARTS) is 1. The second-order valence-corrected chi connectivity index (χ2v) is 4.23. The van der Waals surface area contributed by atoms with Gasteiger partial charge in [-0.25, -0.2) is 9.59 Å². The molecule has 0 fully saturated rings. The highest BCUT2D eigenvalue weighted by Gasteiger charge is 2.19. The number of anilines is 1. The lowest BCUT2D eigenvalue weighted by Crippen LogP contribution is -2.43. The average Bonchev–Trinajstić information content (AvgIpc) is 2.38. The Hall–Kier alpha value is -2.12. The number of amides is 2. The second kappa shape index (κ2) is 8.13.